The predicted molar refractivity (Wildman–Crippen MR) is 81.4 cm³/mol. The highest BCUT2D eigenvalue weighted by Crippen LogP contribution is 2.27. The third-order valence-corrected chi connectivity index (χ3v) is 2.78. The first kappa shape index (κ1) is 15.2. The highest BCUT2D eigenvalue weighted by Gasteiger charge is 2.20. The van der Waals surface area contributed by atoms with Gasteiger partial charge in [0.05, 0.1) is 0 Å². The van der Waals surface area contributed by atoms with Gasteiger partial charge in [0.2, 0.25) is 5.88 Å². The topological polar surface area (TPSA) is 47.0 Å². The lowest BCUT2D eigenvalue weighted by Gasteiger charge is -2.18. The van der Waals surface area contributed by atoms with Crippen LogP contribution < -0.4 is 10.1 Å². The van der Waals surface area contributed by atoms with Crippen LogP contribution in [0.1, 0.15) is 33.5 Å². The molecule has 0 saturated carbocycles. The minimum Gasteiger partial charge on any atom is -0.436 e. The second-order valence-electron chi connectivity index (χ2n) is 5.73. The predicted octanol–water partition coefficient (Wildman–Crippen LogP) is 4.14. The lowest BCUT2D eigenvalue weighted by molar-refractivity contribution is 0.418. The van der Waals surface area contributed by atoms with E-state index in [1.54, 1.807) is 24.3 Å². The highest BCUT2D eigenvalue weighted by atomic mass is 19.1. The quantitative estimate of drug-likeness (QED) is 0.919. The molecule has 1 heterocycles. The van der Waals surface area contributed by atoms with Crippen LogP contribution in [0, 0.1) is 5.82 Å². The Balaban J connectivity index is 2.38. The minimum absolute atomic E-state index is 0.151. The van der Waals surface area contributed by atoms with Crippen LogP contribution in [0.25, 0.3) is 0 Å². The number of ether oxygens (including phenoxy) is 1. The van der Waals surface area contributed by atoms with Crippen LogP contribution in [0.3, 0.4) is 0 Å². The number of rotatable bonds is 4. The number of nitrogens with zero attached hydrogens (tertiary/aromatic N) is 2. The van der Waals surface area contributed by atoms with Gasteiger partial charge in [-0.1, -0.05) is 32.9 Å². The molecular formula is C16H20FN3O. The van der Waals surface area contributed by atoms with E-state index in [-0.39, 0.29) is 11.2 Å². The maximum atomic E-state index is 13.7. The van der Waals surface area contributed by atoms with Crippen molar-refractivity contribution in [2.75, 3.05) is 11.9 Å². The van der Waals surface area contributed by atoms with Crippen LogP contribution >= 0.6 is 0 Å². The van der Waals surface area contributed by atoms with Crippen molar-refractivity contribution in [1.82, 2.24) is 9.97 Å². The molecule has 0 fully saturated rings. The molecule has 0 radical (unpaired) electrons. The fourth-order valence-corrected chi connectivity index (χ4v) is 1.72. The van der Waals surface area contributed by atoms with Crippen LogP contribution in [-0.4, -0.2) is 16.5 Å². The summed E-state index contributed by atoms with van der Waals surface area (Å²) in [5.74, 6) is 1.38. The van der Waals surface area contributed by atoms with Gasteiger partial charge >= 0.3 is 0 Å². The van der Waals surface area contributed by atoms with E-state index < -0.39 is 5.82 Å². The number of nitrogens with one attached hydrogen (secondary N) is 1. The third-order valence-electron chi connectivity index (χ3n) is 2.78. The van der Waals surface area contributed by atoms with E-state index in [1.807, 2.05) is 27.7 Å². The molecule has 0 bridgehead atoms. The molecule has 0 spiro atoms. The highest BCUT2D eigenvalue weighted by molar-refractivity contribution is 5.41. The van der Waals surface area contributed by atoms with Gasteiger partial charge in [-0.2, -0.15) is 4.98 Å². The van der Waals surface area contributed by atoms with Gasteiger partial charge < -0.3 is 10.1 Å². The number of hydrogen-bond acceptors (Lipinski definition) is 4. The van der Waals surface area contributed by atoms with E-state index in [4.69, 9.17) is 4.74 Å². The van der Waals surface area contributed by atoms with Crippen LogP contribution in [-0.2, 0) is 5.41 Å². The first-order valence-electron chi connectivity index (χ1n) is 6.96. The van der Waals surface area contributed by atoms with Gasteiger partial charge in [0.1, 0.15) is 11.6 Å². The normalized spacial score (nSPS) is 11.3. The SMILES string of the molecule is CCNc1cc(Oc2ccccc2F)nc(C(C)(C)C)n1. The summed E-state index contributed by atoms with van der Waals surface area (Å²) in [7, 11) is 0. The van der Waals surface area contributed by atoms with E-state index in [0.29, 0.717) is 17.5 Å². The number of halogens is 1. The Kier molecular flexibility index (Phi) is 4.40. The first-order chi connectivity index (χ1) is 9.90. The van der Waals surface area contributed by atoms with E-state index >= 15 is 0 Å². The Morgan fingerprint density at radius 2 is 1.90 bits per heavy atom. The molecule has 0 saturated heterocycles. The minimum atomic E-state index is -0.418. The van der Waals surface area contributed by atoms with Crippen molar-refractivity contribution in [3.05, 3.63) is 42.0 Å². The molecule has 2 aromatic rings. The molecule has 1 aromatic heterocycles. The zero-order valence-corrected chi connectivity index (χ0v) is 12.8. The lowest BCUT2D eigenvalue weighted by atomic mass is 9.96. The van der Waals surface area contributed by atoms with Gasteiger partial charge in [-0.3, -0.25) is 0 Å². The van der Waals surface area contributed by atoms with Gasteiger partial charge in [0.15, 0.2) is 11.6 Å². The van der Waals surface area contributed by atoms with E-state index in [2.05, 4.69) is 15.3 Å². The largest absolute Gasteiger partial charge is 0.436 e. The number of para-hydroxylation sites is 1. The van der Waals surface area contributed by atoms with Gasteiger partial charge in [-0.25, -0.2) is 9.37 Å². The van der Waals surface area contributed by atoms with Crippen molar-refractivity contribution in [1.29, 1.82) is 0 Å². The van der Waals surface area contributed by atoms with E-state index in [9.17, 15) is 4.39 Å². The van der Waals surface area contributed by atoms with Crippen molar-refractivity contribution >= 4 is 5.82 Å². The number of benzene rings is 1. The summed E-state index contributed by atoms with van der Waals surface area (Å²) < 4.78 is 19.2. The number of hydrogen-bond donors (Lipinski definition) is 1. The molecule has 1 aromatic carbocycles. The lowest BCUT2D eigenvalue weighted by Crippen LogP contribution is -2.17. The maximum Gasteiger partial charge on any atom is 0.224 e. The molecule has 0 amide bonds. The smallest absolute Gasteiger partial charge is 0.224 e. The standard InChI is InChI=1S/C16H20FN3O/c1-5-18-13-10-14(20-15(19-13)16(2,3)4)21-12-9-7-6-8-11(12)17/h6-10H,5H2,1-4H3,(H,18,19,20). The zero-order chi connectivity index (χ0) is 15.5. The molecule has 1 N–H and O–H groups in total. The van der Waals surface area contributed by atoms with Crippen LogP contribution in [0.5, 0.6) is 11.6 Å². The van der Waals surface area contributed by atoms with E-state index in [1.165, 1.54) is 6.07 Å². The summed E-state index contributed by atoms with van der Waals surface area (Å²) in [4.78, 5) is 8.85. The van der Waals surface area contributed by atoms with Crippen LogP contribution in [0.15, 0.2) is 30.3 Å². The fourth-order valence-electron chi connectivity index (χ4n) is 1.72. The number of anilines is 1. The molecule has 0 aliphatic heterocycles. The van der Waals surface area contributed by atoms with Crippen LogP contribution in [0.4, 0.5) is 10.2 Å². The second kappa shape index (κ2) is 6.08. The van der Waals surface area contributed by atoms with E-state index in [0.717, 1.165) is 6.54 Å². The molecule has 21 heavy (non-hydrogen) atoms. The van der Waals surface area contributed by atoms with Crippen molar-refractivity contribution in [2.24, 2.45) is 0 Å². The summed E-state index contributed by atoms with van der Waals surface area (Å²) in [6.45, 7) is 8.77. The first-order valence-corrected chi connectivity index (χ1v) is 6.96. The van der Waals surface area contributed by atoms with Crippen molar-refractivity contribution in [2.45, 2.75) is 33.1 Å². The van der Waals surface area contributed by atoms with Gasteiger partial charge in [-0.05, 0) is 19.1 Å². The monoisotopic (exact) mass is 289 g/mol. The van der Waals surface area contributed by atoms with Crippen molar-refractivity contribution in [3.8, 4) is 11.6 Å². The Morgan fingerprint density at radius 3 is 2.52 bits per heavy atom. The van der Waals surface area contributed by atoms with Crippen molar-refractivity contribution < 1.29 is 9.13 Å². The Morgan fingerprint density at radius 1 is 1.19 bits per heavy atom. The molecule has 0 unspecified atom stereocenters. The van der Waals surface area contributed by atoms with Gasteiger partial charge in [-0.15, -0.1) is 0 Å². The Hall–Kier alpha value is -2.17. The van der Waals surface area contributed by atoms with Crippen LogP contribution in [0.2, 0.25) is 0 Å². The molecule has 0 aliphatic carbocycles. The molecule has 4 nitrogen and oxygen atoms in total. The molecule has 2 rings (SSSR count). The van der Waals surface area contributed by atoms with Gasteiger partial charge in [0.25, 0.3) is 0 Å². The maximum absolute atomic E-state index is 13.7. The number of aromatic nitrogens is 2. The third kappa shape index (κ3) is 3.90. The Labute approximate surface area is 124 Å². The summed E-state index contributed by atoms with van der Waals surface area (Å²) in [6.07, 6.45) is 0. The Bertz CT molecular complexity index is 623. The second-order valence-corrected chi connectivity index (χ2v) is 5.73. The fraction of sp³-hybridized carbons (Fsp3) is 0.375. The molecule has 5 heteroatoms. The average molecular weight is 289 g/mol. The summed E-state index contributed by atoms with van der Waals surface area (Å²) >= 11 is 0. The molecule has 0 atom stereocenters. The summed E-state index contributed by atoms with van der Waals surface area (Å²) in [5.41, 5.74) is -0.223. The molecular weight excluding hydrogens is 269 g/mol. The summed E-state index contributed by atoms with van der Waals surface area (Å²) in [6, 6.07) is 7.93. The average Bonchev–Trinajstić information content (AvgIpc) is 2.41. The molecule has 112 valence electrons. The summed E-state index contributed by atoms with van der Waals surface area (Å²) in [5, 5.41) is 3.14. The zero-order valence-electron chi connectivity index (χ0n) is 12.8. The molecule has 0 aliphatic rings. The van der Waals surface area contributed by atoms with Crippen molar-refractivity contribution in [3.63, 3.8) is 0 Å². The van der Waals surface area contributed by atoms with Gasteiger partial charge in [0, 0.05) is 18.0 Å².